The zero-order valence-electron chi connectivity index (χ0n) is 10.9. The third-order valence-electron chi connectivity index (χ3n) is 2.76. The SMILES string of the molecule is CCOc1cncc(C(NN)c2cc(F)cc(F)c2)c1. The molecule has 1 aromatic carbocycles. The fourth-order valence-corrected chi connectivity index (χ4v) is 1.97. The second-order valence-electron chi connectivity index (χ2n) is 4.19. The van der Waals surface area contributed by atoms with E-state index in [1.165, 1.54) is 12.1 Å². The van der Waals surface area contributed by atoms with Crippen molar-refractivity contribution in [1.82, 2.24) is 10.4 Å². The number of pyridine rings is 1. The minimum Gasteiger partial charge on any atom is -0.492 e. The number of nitrogens with one attached hydrogen (secondary N) is 1. The van der Waals surface area contributed by atoms with E-state index in [2.05, 4.69) is 10.4 Å². The third-order valence-corrected chi connectivity index (χ3v) is 2.76. The summed E-state index contributed by atoms with van der Waals surface area (Å²) in [4.78, 5) is 4.03. The number of nitrogens with zero attached hydrogens (tertiary/aromatic N) is 1. The first-order chi connectivity index (χ1) is 9.63. The summed E-state index contributed by atoms with van der Waals surface area (Å²) in [6.45, 7) is 2.35. The van der Waals surface area contributed by atoms with Gasteiger partial charge >= 0.3 is 0 Å². The van der Waals surface area contributed by atoms with Gasteiger partial charge < -0.3 is 4.74 Å². The zero-order valence-corrected chi connectivity index (χ0v) is 10.9. The van der Waals surface area contributed by atoms with Crippen LogP contribution in [0.4, 0.5) is 8.78 Å². The molecule has 0 saturated carbocycles. The first-order valence-corrected chi connectivity index (χ1v) is 6.14. The van der Waals surface area contributed by atoms with E-state index < -0.39 is 17.7 Å². The van der Waals surface area contributed by atoms with Crippen molar-refractivity contribution >= 4 is 0 Å². The van der Waals surface area contributed by atoms with Crippen molar-refractivity contribution in [2.24, 2.45) is 5.84 Å². The van der Waals surface area contributed by atoms with Crippen molar-refractivity contribution in [2.75, 3.05) is 6.61 Å². The molecule has 0 bridgehead atoms. The number of halogens is 2. The molecule has 3 N–H and O–H groups in total. The molecule has 0 radical (unpaired) electrons. The number of rotatable bonds is 5. The summed E-state index contributed by atoms with van der Waals surface area (Å²) in [5.41, 5.74) is 3.56. The van der Waals surface area contributed by atoms with Crippen molar-refractivity contribution in [2.45, 2.75) is 13.0 Å². The number of hydrogen-bond donors (Lipinski definition) is 2. The maximum absolute atomic E-state index is 13.3. The minimum absolute atomic E-state index is 0.375. The second-order valence-corrected chi connectivity index (χ2v) is 4.19. The van der Waals surface area contributed by atoms with Gasteiger partial charge in [0.25, 0.3) is 0 Å². The van der Waals surface area contributed by atoms with Crippen LogP contribution in [0.15, 0.2) is 36.7 Å². The van der Waals surface area contributed by atoms with Gasteiger partial charge in [-0.15, -0.1) is 0 Å². The van der Waals surface area contributed by atoms with Gasteiger partial charge in [-0.25, -0.2) is 14.2 Å². The monoisotopic (exact) mass is 279 g/mol. The molecule has 0 aliphatic rings. The van der Waals surface area contributed by atoms with Gasteiger partial charge in [0.2, 0.25) is 0 Å². The molecular weight excluding hydrogens is 264 g/mol. The molecule has 0 fully saturated rings. The lowest BCUT2D eigenvalue weighted by atomic mass is 10.0. The van der Waals surface area contributed by atoms with Crippen LogP contribution < -0.4 is 16.0 Å². The summed E-state index contributed by atoms with van der Waals surface area (Å²) < 4.78 is 31.9. The molecule has 1 atom stereocenters. The molecule has 0 amide bonds. The van der Waals surface area contributed by atoms with Crippen LogP contribution in [0, 0.1) is 11.6 Å². The van der Waals surface area contributed by atoms with E-state index in [-0.39, 0.29) is 0 Å². The maximum atomic E-state index is 13.3. The molecule has 2 rings (SSSR count). The summed E-state index contributed by atoms with van der Waals surface area (Å²) in [5, 5.41) is 0. The Morgan fingerprint density at radius 1 is 1.15 bits per heavy atom. The molecule has 0 aliphatic carbocycles. The minimum atomic E-state index is -0.658. The maximum Gasteiger partial charge on any atom is 0.137 e. The Hall–Kier alpha value is -2.05. The van der Waals surface area contributed by atoms with Crippen LogP contribution in [0.3, 0.4) is 0 Å². The van der Waals surface area contributed by atoms with Crippen LogP contribution >= 0.6 is 0 Å². The van der Waals surface area contributed by atoms with E-state index in [0.717, 1.165) is 6.07 Å². The zero-order chi connectivity index (χ0) is 14.5. The second kappa shape index (κ2) is 6.40. The number of nitrogens with two attached hydrogens (primary N) is 1. The van der Waals surface area contributed by atoms with Gasteiger partial charge in [-0.05, 0) is 36.2 Å². The molecule has 20 heavy (non-hydrogen) atoms. The Labute approximate surface area is 115 Å². The van der Waals surface area contributed by atoms with E-state index in [1.807, 2.05) is 6.92 Å². The first-order valence-electron chi connectivity index (χ1n) is 6.14. The molecule has 1 aromatic heterocycles. The third kappa shape index (κ3) is 3.28. The van der Waals surface area contributed by atoms with Gasteiger partial charge in [-0.3, -0.25) is 10.8 Å². The van der Waals surface area contributed by atoms with Crippen LogP contribution in [0.1, 0.15) is 24.1 Å². The average Bonchev–Trinajstić information content (AvgIpc) is 2.39. The van der Waals surface area contributed by atoms with E-state index in [0.29, 0.717) is 23.5 Å². The van der Waals surface area contributed by atoms with Crippen molar-refractivity contribution in [1.29, 1.82) is 0 Å². The number of benzene rings is 1. The molecule has 1 heterocycles. The predicted octanol–water partition coefficient (Wildman–Crippen LogP) is 2.31. The topological polar surface area (TPSA) is 60.2 Å². The van der Waals surface area contributed by atoms with E-state index in [9.17, 15) is 8.78 Å². The molecule has 0 aliphatic heterocycles. The first kappa shape index (κ1) is 14.4. The summed E-state index contributed by atoms with van der Waals surface area (Å²) in [6, 6.07) is 4.41. The van der Waals surface area contributed by atoms with Crippen molar-refractivity contribution in [3.63, 3.8) is 0 Å². The Morgan fingerprint density at radius 3 is 2.45 bits per heavy atom. The van der Waals surface area contributed by atoms with E-state index in [1.54, 1.807) is 18.5 Å². The predicted molar refractivity (Wildman–Crippen MR) is 70.9 cm³/mol. The molecule has 1 unspecified atom stereocenters. The Bertz CT molecular complexity index is 572. The fraction of sp³-hybridized carbons (Fsp3) is 0.214. The van der Waals surface area contributed by atoms with E-state index >= 15 is 0 Å². The van der Waals surface area contributed by atoms with Crippen LogP contribution in [0.25, 0.3) is 0 Å². The van der Waals surface area contributed by atoms with Crippen LogP contribution in [-0.4, -0.2) is 11.6 Å². The highest BCUT2D eigenvalue weighted by Crippen LogP contribution is 2.25. The number of hydrogen-bond acceptors (Lipinski definition) is 4. The highest BCUT2D eigenvalue weighted by atomic mass is 19.1. The van der Waals surface area contributed by atoms with Crippen LogP contribution in [0.5, 0.6) is 5.75 Å². The number of ether oxygens (including phenoxy) is 1. The van der Waals surface area contributed by atoms with Crippen molar-refractivity contribution in [3.05, 3.63) is 59.4 Å². The summed E-state index contributed by atoms with van der Waals surface area (Å²) in [6.07, 6.45) is 3.13. The highest BCUT2D eigenvalue weighted by Gasteiger charge is 2.15. The van der Waals surface area contributed by atoms with Crippen LogP contribution in [-0.2, 0) is 0 Å². The molecule has 2 aromatic rings. The standard InChI is InChI=1S/C14H15F2N3O/c1-2-20-13-5-10(7-18-8-13)14(19-17)9-3-11(15)6-12(16)4-9/h3-8,14,19H,2,17H2,1H3. The Morgan fingerprint density at radius 2 is 1.85 bits per heavy atom. The van der Waals surface area contributed by atoms with Gasteiger partial charge in [0, 0.05) is 12.3 Å². The van der Waals surface area contributed by atoms with Gasteiger partial charge in [-0.1, -0.05) is 0 Å². The molecule has 4 nitrogen and oxygen atoms in total. The van der Waals surface area contributed by atoms with Gasteiger partial charge in [0.05, 0.1) is 18.8 Å². The smallest absolute Gasteiger partial charge is 0.137 e. The van der Waals surface area contributed by atoms with Crippen molar-refractivity contribution < 1.29 is 13.5 Å². The number of hydrazine groups is 1. The Balaban J connectivity index is 2.38. The molecular formula is C14H15F2N3O. The van der Waals surface area contributed by atoms with Gasteiger partial charge in [0.1, 0.15) is 17.4 Å². The lowest BCUT2D eigenvalue weighted by Crippen LogP contribution is -2.29. The fourth-order valence-electron chi connectivity index (χ4n) is 1.97. The van der Waals surface area contributed by atoms with Crippen molar-refractivity contribution in [3.8, 4) is 5.75 Å². The summed E-state index contributed by atoms with van der Waals surface area (Å²) in [7, 11) is 0. The highest BCUT2D eigenvalue weighted by molar-refractivity contribution is 5.34. The average molecular weight is 279 g/mol. The molecule has 0 saturated heterocycles. The lowest BCUT2D eigenvalue weighted by molar-refractivity contribution is 0.338. The normalized spacial score (nSPS) is 12.2. The number of aromatic nitrogens is 1. The molecule has 0 spiro atoms. The Kier molecular flexibility index (Phi) is 4.60. The quantitative estimate of drug-likeness (QED) is 0.651. The van der Waals surface area contributed by atoms with Gasteiger partial charge in [0.15, 0.2) is 0 Å². The summed E-state index contributed by atoms with van der Waals surface area (Å²) in [5.74, 6) is 4.75. The molecule has 6 heteroatoms. The van der Waals surface area contributed by atoms with Gasteiger partial charge in [-0.2, -0.15) is 0 Å². The lowest BCUT2D eigenvalue weighted by Gasteiger charge is -2.17. The van der Waals surface area contributed by atoms with E-state index in [4.69, 9.17) is 10.6 Å². The van der Waals surface area contributed by atoms with Crippen LogP contribution in [0.2, 0.25) is 0 Å². The molecule has 106 valence electrons. The summed E-state index contributed by atoms with van der Waals surface area (Å²) >= 11 is 0. The largest absolute Gasteiger partial charge is 0.492 e.